The molecule has 2 amide bonds. The van der Waals surface area contributed by atoms with E-state index in [4.69, 9.17) is 4.74 Å². The van der Waals surface area contributed by atoms with E-state index in [0.29, 0.717) is 37.0 Å². The Morgan fingerprint density at radius 3 is 2.39 bits per heavy atom. The number of aryl methyl sites for hydroxylation is 2. The molecule has 1 aliphatic heterocycles. The van der Waals surface area contributed by atoms with Crippen LogP contribution >= 0.6 is 0 Å². The molecule has 3 aromatic rings. The zero-order valence-electron chi connectivity index (χ0n) is 17.8. The SMILES string of the molecule is Cc1nc2ccc(C(=O)NC3CCN(C(=O)OCc4ccccc4)CC3)cc2nc1C. The Balaban J connectivity index is 1.29. The Kier molecular flexibility index (Phi) is 6.11. The first-order valence-electron chi connectivity index (χ1n) is 10.5. The molecule has 1 aliphatic rings. The van der Waals surface area contributed by atoms with Crippen molar-refractivity contribution in [1.82, 2.24) is 20.2 Å². The Hall–Kier alpha value is -3.48. The lowest BCUT2D eigenvalue weighted by Gasteiger charge is -2.31. The van der Waals surface area contributed by atoms with Gasteiger partial charge in [0.05, 0.1) is 22.4 Å². The quantitative estimate of drug-likeness (QED) is 0.697. The van der Waals surface area contributed by atoms with E-state index in [1.54, 1.807) is 17.0 Å². The molecule has 0 unspecified atom stereocenters. The van der Waals surface area contributed by atoms with E-state index >= 15 is 0 Å². The maximum atomic E-state index is 12.7. The molecule has 7 heteroatoms. The number of ether oxygens (including phenoxy) is 1. The summed E-state index contributed by atoms with van der Waals surface area (Å²) in [6, 6.07) is 15.0. The second kappa shape index (κ2) is 9.12. The van der Waals surface area contributed by atoms with Gasteiger partial charge in [0, 0.05) is 24.7 Å². The van der Waals surface area contributed by atoms with Crippen molar-refractivity contribution in [3.8, 4) is 0 Å². The highest BCUT2D eigenvalue weighted by Crippen LogP contribution is 2.17. The molecule has 1 aromatic heterocycles. The number of likely N-dealkylation sites (tertiary alicyclic amines) is 1. The Bertz CT molecular complexity index is 1090. The Morgan fingerprint density at radius 2 is 1.68 bits per heavy atom. The Morgan fingerprint density at radius 1 is 1.00 bits per heavy atom. The number of rotatable bonds is 4. The van der Waals surface area contributed by atoms with Gasteiger partial charge >= 0.3 is 6.09 Å². The maximum Gasteiger partial charge on any atom is 0.410 e. The minimum absolute atomic E-state index is 0.0206. The molecule has 2 aromatic carbocycles. The molecule has 31 heavy (non-hydrogen) atoms. The lowest BCUT2D eigenvalue weighted by Crippen LogP contribution is -2.46. The van der Waals surface area contributed by atoms with Crippen molar-refractivity contribution in [3.05, 3.63) is 71.0 Å². The molecule has 1 saturated heterocycles. The van der Waals surface area contributed by atoms with Crippen LogP contribution < -0.4 is 5.32 Å². The number of hydrogen-bond donors (Lipinski definition) is 1. The molecule has 1 N–H and O–H groups in total. The number of hydrogen-bond acceptors (Lipinski definition) is 5. The van der Waals surface area contributed by atoms with Crippen LogP contribution in [0.3, 0.4) is 0 Å². The minimum atomic E-state index is -0.313. The predicted octanol–water partition coefficient (Wildman–Crippen LogP) is 3.78. The van der Waals surface area contributed by atoms with E-state index in [-0.39, 0.29) is 24.6 Å². The number of piperidine rings is 1. The smallest absolute Gasteiger partial charge is 0.410 e. The minimum Gasteiger partial charge on any atom is -0.445 e. The van der Waals surface area contributed by atoms with Crippen molar-refractivity contribution < 1.29 is 14.3 Å². The standard InChI is InChI=1S/C24H26N4O3/c1-16-17(2)26-22-14-19(8-9-21(22)25-16)23(29)27-20-10-12-28(13-11-20)24(30)31-15-18-6-4-3-5-7-18/h3-9,14,20H,10-13,15H2,1-2H3,(H,27,29). The normalized spacial score (nSPS) is 14.5. The summed E-state index contributed by atoms with van der Waals surface area (Å²) in [5.74, 6) is -0.132. The van der Waals surface area contributed by atoms with Gasteiger partial charge in [-0.2, -0.15) is 0 Å². The fraction of sp³-hybridized carbons (Fsp3) is 0.333. The van der Waals surface area contributed by atoms with Crippen molar-refractivity contribution in [2.45, 2.75) is 39.3 Å². The molecule has 1 fully saturated rings. The number of carbonyl (C=O) groups is 2. The molecule has 2 heterocycles. The highest BCUT2D eigenvalue weighted by atomic mass is 16.6. The van der Waals surface area contributed by atoms with E-state index in [0.717, 1.165) is 22.5 Å². The first kappa shape index (κ1) is 20.8. The summed E-state index contributed by atoms with van der Waals surface area (Å²) >= 11 is 0. The highest BCUT2D eigenvalue weighted by molar-refractivity contribution is 5.97. The van der Waals surface area contributed by atoms with Crippen LogP contribution in [0.2, 0.25) is 0 Å². The maximum absolute atomic E-state index is 12.7. The van der Waals surface area contributed by atoms with Crippen LogP contribution in [-0.2, 0) is 11.3 Å². The van der Waals surface area contributed by atoms with Crippen LogP contribution in [0.1, 0.15) is 40.2 Å². The predicted molar refractivity (Wildman–Crippen MR) is 118 cm³/mol. The van der Waals surface area contributed by atoms with E-state index in [1.807, 2.05) is 50.2 Å². The molecule has 0 saturated carbocycles. The van der Waals surface area contributed by atoms with E-state index < -0.39 is 0 Å². The van der Waals surface area contributed by atoms with Gasteiger partial charge in [-0.05, 0) is 50.5 Å². The van der Waals surface area contributed by atoms with Gasteiger partial charge < -0.3 is 15.0 Å². The summed E-state index contributed by atoms with van der Waals surface area (Å²) in [5.41, 5.74) is 4.77. The molecule has 0 bridgehead atoms. The van der Waals surface area contributed by atoms with E-state index in [1.165, 1.54) is 0 Å². The molecule has 7 nitrogen and oxygen atoms in total. The number of fused-ring (bicyclic) bond motifs is 1. The fourth-order valence-corrected chi connectivity index (χ4v) is 3.66. The molecule has 0 radical (unpaired) electrons. The van der Waals surface area contributed by atoms with Gasteiger partial charge in [-0.15, -0.1) is 0 Å². The van der Waals surface area contributed by atoms with Gasteiger partial charge in [0.2, 0.25) is 0 Å². The largest absolute Gasteiger partial charge is 0.445 e. The van der Waals surface area contributed by atoms with E-state index in [2.05, 4.69) is 15.3 Å². The molecule has 4 rings (SSSR count). The second-order valence-electron chi connectivity index (χ2n) is 7.87. The molecular formula is C24H26N4O3. The lowest BCUT2D eigenvalue weighted by molar-refractivity contribution is 0.0809. The van der Waals surface area contributed by atoms with Crippen LogP contribution in [0.15, 0.2) is 48.5 Å². The third-order valence-electron chi connectivity index (χ3n) is 5.63. The summed E-state index contributed by atoms with van der Waals surface area (Å²) < 4.78 is 5.40. The highest BCUT2D eigenvalue weighted by Gasteiger charge is 2.25. The number of benzene rings is 2. The van der Waals surface area contributed by atoms with Crippen molar-refractivity contribution in [2.75, 3.05) is 13.1 Å². The van der Waals surface area contributed by atoms with Gasteiger partial charge in [-0.25, -0.2) is 14.8 Å². The first-order chi connectivity index (χ1) is 15.0. The van der Waals surface area contributed by atoms with Crippen molar-refractivity contribution >= 4 is 23.0 Å². The van der Waals surface area contributed by atoms with Gasteiger partial charge in [-0.3, -0.25) is 4.79 Å². The second-order valence-corrected chi connectivity index (χ2v) is 7.87. The number of amides is 2. The zero-order chi connectivity index (χ0) is 21.8. The monoisotopic (exact) mass is 418 g/mol. The Labute approximate surface area is 181 Å². The number of nitrogens with zero attached hydrogens (tertiary/aromatic N) is 3. The summed E-state index contributed by atoms with van der Waals surface area (Å²) in [7, 11) is 0. The fourth-order valence-electron chi connectivity index (χ4n) is 3.66. The average Bonchev–Trinajstić information content (AvgIpc) is 2.79. The lowest BCUT2D eigenvalue weighted by atomic mass is 10.0. The molecule has 0 atom stereocenters. The summed E-state index contributed by atoms with van der Waals surface area (Å²) in [6.07, 6.45) is 1.07. The topological polar surface area (TPSA) is 84.4 Å². The number of carbonyl (C=O) groups excluding carboxylic acids is 2. The van der Waals surface area contributed by atoms with E-state index in [9.17, 15) is 9.59 Å². The summed E-state index contributed by atoms with van der Waals surface area (Å²) in [5, 5.41) is 3.08. The van der Waals surface area contributed by atoms with Crippen molar-refractivity contribution in [2.24, 2.45) is 0 Å². The van der Waals surface area contributed by atoms with Gasteiger partial charge in [0.15, 0.2) is 0 Å². The van der Waals surface area contributed by atoms with Crippen LogP contribution in [0, 0.1) is 13.8 Å². The first-order valence-corrected chi connectivity index (χ1v) is 10.5. The zero-order valence-corrected chi connectivity index (χ0v) is 17.8. The number of aromatic nitrogens is 2. The summed E-state index contributed by atoms with van der Waals surface area (Å²) in [6.45, 7) is 5.21. The average molecular weight is 418 g/mol. The van der Waals surface area contributed by atoms with Gasteiger partial charge in [-0.1, -0.05) is 30.3 Å². The van der Waals surface area contributed by atoms with Gasteiger partial charge in [0.25, 0.3) is 5.91 Å². The molecule has 0 spiro atoms. The third kappa shape index (κ3) is 4.99. The van der Waals surface area contributed by atoms with Crippen molar-refractivity contribution in [1.29, 1.82) is 0 Å². The van der Waals surface area contributed by atoms with Crippen molar-refractivity contribution in [3.63, 3.8) is 0 Å². The third-order valence-corrected chi connectivity index (χ3v) is 5.63. The van der Waals surface area contributed by atoms with Crippen LogP contribution in [0.5, 0.6) is 0 Å². The molecule has 0 aliphatic carbocycles. The van der Waals surface area contributed by atoms with Crippen LogP contribution in [0.25, 0.3) is 11.0 Å². The van der Waals surface area contributed by atoms with Crippen LogP contribution in [0.4, 0.5) is 4.79 Å². The van der Waals surface area contributed by atoms with Crippen LogP contribution in [-0.4, -0.2) is 46.0 Å². The summed E-state index contributed by atoms with van der Waals surface area (Å²) in [4.78, 5) is 35.8. The number of nitrogens with one attached hydrogen (secondary N) is 1. The van der Waals surface area contributed by atoms with Gasteiger partial charge in [0.1, 0.15) is 6.61 Å². The molecular weight excluding hydrogens is 392 g/mol. The molecule has 160 valence electrons.